The van der Waals surface area contributed by atoms with E-state index in [1.165, 1.54) is 16.6 Å². The molecule has 0 bridgehead atoms. The second kappa shape index (κ2) is 3.46. The van der Waals surface area contributed by atoms with E-state index >= 15 is 0 Å². The highest BCUT2D eigenvalue weighted by molar-refractivity contribution is 7.89. The zero-order chi connectivity index (χ0) is 11.1. The minimum Gasteiger partial charge on any atom is -0.383 e. The molecule has 1 heterocycles. The number of nitrogens with zero attached hydrogens (tertiary/aromatic N) is 2. The quantitative estimate of drug-likeness (QED) is 0.813. The van der Waals surface area contributed by atoms with Crippen molar-refractivity contribution in [1.82, 2.24) is 9.29 Å². The van der Waals surface area contributed by atoms with Gasteiger partial charge in [-0.1, -0.05) is 0 Å². The fourth-order valence-electron chi connectivity index (χ4n) is 1.41. The molecular weight excluding hydrogens is 214 g/mol. The van der Waals surface area contributed by atoms with Crippen LogP contribution >= 0.6 is 0 Å². The van der Waals surface area contributed by atoms with Crippen LogP contribution in [0, 0.1) is 0 Å². The highest BCUT2D eigenvalue weighted by atomic mass is 32.2. The van der Waals surface area contributed by atoms with Gasteiger partial charge in [0.25, 0.3) is 0 Å². The van der Waals surface area contributed by atoms with E-state index in [1.807, 2.05) is 0 Å². The second-order valence-electron chi connectivity index (χ2n) is 3.64. The molecule has 6 heteroatoms. The Hall–Kier alpha value is -1.14. The molecule has 0 aliphatic heterocycles. The van der Waals surface area contributed by atoms with Gasteiger partial charge in [-0.3, -0.25) is 0 Å². The maximum atomic E-state index is 12.0. The van der Waals surface area contributed by atoms with Crippen molar-refractivity contribution in [1.29, 1.82) is 0 Å². The summed E-state index contributed by atoms with van der Waals surface area (Å²) < 4.78 is 25.5. The molecule has 82 valence electrons. The van der Waals surface area contributed by atoms with Gasteiger partial charge in [-0.05, 0) is 25.0 Å². The molecule has 0 spiro atoms. The number of nitrogens with two attached hydrogens (primary N) is 1. The van der Waals surface area contributed by atoms with Crippen molar-refractivity contribution >= 4 is 15.8 Å². The number of nitrogen functional groups attached to an aromatic ring is 1. The van der Waals surface area contributed by atoms with E-state index in [0.717, 1.165) is 12.8 Å². The van der Waals surface area contributed by atoms with Crippen LogP contribution in [0.15, 0.2) is 23.2 Å². The summed E-state index contributed by atoms with van der Waals surface area (Å²) in [6.07, 6.45) is 3.33. The van der Waals surface area contributed by atoms with Gasteiger partial charge in [-0.15, -0.1) is 0 Å². The Balaban J connectivity index is 2.41. The minimum atomic E-state index is -3.46. The minimum absolute atomic E-state index is 0.0602. The Morgan fingerprint density at radius 2 is 2.20 bits per heavy atom. The number of hydrogen-bond acceptors (Lipinski definition) is 4. The van der Waals surface area contributed by atoms with Gasteiger partial charge in [0.2, 0.25) is 10.0 Å². The predicted molar refractivity (Wildman–Crippen MR) is 56.6 cm³/mol. The van der Waals surface area contributed by atoms with Gasteiger partial charge >= 0.3 is 0 Å². The maximum Gasteiger partial charge on any atom is 0.246 e. The van der Waals surface area contributed by atoms with Crippen LogP contribution in [0.1, 0.15) is 12.8 Å². The van der Waals surface area contributed by atoms with Gasteiger partial charge in [0, 0.05) is 19.3 Å². The fourth-order valence-corrected chi connectivity index (χ4v) is 2.89. The van der Waals surface area contributed by atoms with E-state index in [2.05, 4.69) is 4.98 Å². The topological polar surface area (TPSA) is 76.3 Å². The molecule has 0 saturated heterocycles. The molecule has 0 radical (unpaired) electrons. The molecule has 0 aromatic carbocycles. The van der Waals surface area contributed by atoms with Crippen LogP contribution in [0.2, 0.25) is 0 Å². The fraction of sp³-hybridized carbons (Fsp3) is 0.444. The first-order valence-corrected chi connectivity index (χ1v) is 6.16. The van der Waals surface area contributed by atoms with Gasteiger partial charge in [0.1, 0.15) is 10.7 Å². The molecule has 0 amide bonds. The predicted octanol–water partition coefficient (Wildman–Crippen LogP) is 0.447. The van der Waals surface area contributed by atoms with Crippen molar-refractivity contribution < 1.29 is 8.42 Å². The Labute approximate surface area is 89.0 Å². The standard InChI is InChI=1S/C9H13N3O2S/c1-12(7-4-5-7)15(13,14)8-3-2-6-11-9(8)10/h2-3,6-7H,4-5H2,1H3,(H2,10,11). The van der Waals surface area contributed by atoms with Crippen LogP contribution in [-0.2, 0) is 10.0 Å². The number of anilines is 1. The second-order valence-corrected chi connectivity index (χ2v) is 5.61. The first kappa shape index (κ1) is 10.4. The van der Waals surface area contributed by atoms with Crippen LogP contribution in [0.3, 0.4) is 0 Å². The van der Waals surface area contributed by atoms with Crippen molar-refractivity contribution in [3.05, 3.63) is 18.3 Å². The lowest BCUT2D eigenvalue weighted by molar-refractivity contribution is 0.464. The molecule has 1 saturated carbocycles. The lowest BCUT2D eigenvalue weighted by Gasteiger charge is -2.16. The summed E-state index contributed by atoms with van der Waals surface area (Å²) in [5.41, 5.74) is 5.55. The van der Waals surface area contributed by atoms with Crippen LogP contribution in [0.4, 0.5) is 5.82 Å². The third-order valence-electron chi connectivity index (χ3n) is 2.52. The summed E-state index contributed by atoms with van der Waals surface area (Å²) in [7, 11) is -1.88. The van der Waals surface area contributed by atoms with E-state index in [0.29, 0.717) is 0 Å². The van der Waals surface area contributed by atoms with E-state index in [4.69, 9.17) is 5.73 Å². The molecule has 15 heavy (non-hydrogen) atoms. The number of aromatic nitrogens is 1. The number of pyridine rings is 1. The largest absolute Gasteiger partial charge is 0.383 e. The summed E-state index contributed by atoms with van der Waals surface area (Å²) in [6, 6.07) is 3.19. The Kier molecular flexibility index (Phi) is 2.40. The normalized spacial score (nSPS) is 16.9. The molecule has 5 nitrogen and oxygen atoms in total. The van der Waals surface area contributed by atoms with Gasteiger partial charge in [0.15, 0.2) is 0 Å². The van der Waals surface area contributed by atoms with Crippen molar-refractivity contribution in [2.45, 2.75) is 23.8 Å². The van der Waals surface area contributed by atoms with Crippen LogP contribution in [0.25, 0.3) is 0 Å². The lowest BCUT2D eigenvalue weighted by atomic mass is 10.5. The average Bonchev–Trinajstić information content (AvgIpc) is 3.00. The zero-order valence-electron chi connectivity index (χ0n) is 8.42. The van der Waals surface area contributed by atoms with Gasteiger partial charge in [-0.2, -0.15) is 4.31 Å². The summed E-state index contributed by atoms with van der Waals surface area (Å²) in [6.45, 7) is 0. The van der Waals surface area contributed by atoms with E-state index in [-0.39, 0.29) is 16.8 Å². The van der Waals surface area contributed by atoms with Gasteiger partial charge in [-0.25, -0.2) is 13.4 Å². The van der Waals surface area contributed by atoms with Crippen molar-refractivity contribution in [3.63, 3.8) is 0 Å². The highest BCUT2D eigenvalue weighted by Gasteiger charge is 2.35. The maximum absolute atomic E-state index is 12.0. The molecule has 1 aromatic heterocycles. The SMILES string of the molecule is CN(C1CC1)S(=O)(=O)c1cccnc1N. The third-order valence-corrected chi connectivity index (χ3v) is 4.48. The van der Waals surface area contributed by atoms with Crippen molar-refractivity contribution in [2.75, 3.05) is 12.8 Å². The summed E-state index contributed by atoms with van der Waals surface area (Å²) in [5, 5.41) is 0. The molecule has 2 rings (SSSR count). The van der Waals surface area contributed by atoms with Gasteiger partial charge in [0.05, 0.1) is 0 Å². The van der Waals surface area contributed by atoms with E-state index < -0.39 is 10.0 Å². The first-order valence-electron chi connectivity index (χ1n) is 4.72. The smallest absolute Gasteiger partial charge is 0.246 e. The van der Waals surface area contributed by atoms with Crippen LogP contribution < -0.4 is 5.73 Å². The van der Waals surface area contributed by atoms with Crippen LogP contribution in [0.5, 0.6) is 0 Å². The highest BCUT2D eigenvalue weighted by Crippen LogP contribution is 2.31. The Morgan fingerprint density at radius 3 is 2.73 bits per heavy atom. The molecule has 1 aromatic rings. The molecule has 1 aliphatic carbocycles. The average molecular weight is 227 g/mol. The van der Waals surface area contributed by atoms with Crippen molar-refractivity contribution in [3.8, 4) is 0 Å². The van der Waals surface area contributed by atoms with Crippen molar-refractivity contribution in [2.24, 2.45) is 0 Å². The molecular formula is C9H13N3O2S. The van der Waals surface area contributed by atoms with Crippen LogP contribution in [-0.4, -0.2) is 30.8 Å². The number of hydrogen-bond donors (Lipinski definition) is 1. The zero-order valence-corrected chi connectivity index (χ0v) is 9.24. The Morgan fingerprint density at radius 1 is 1.53 bits per heavy atom. The monoisotopic (exact) mass is 227 g/mol. The Bertz CT molecular complexity index is 468. The molecule has 1 aliphatic rings. The lowest BCUT2D eigenvalue weighted by Crippen LogP contribution is -2.29. The number of sulfonamides is 1. The van der Waals surface area contributed by atoms with E-state index in [9.17, 15) is 8.42 Å². The van der Waals surface area contributed by atoms with Gasteiger partial charge < -0.3 is 5.73 Å². The molecule has 2 N–H and O–H groups in total. The molecule has 0 unspecified atom stereocenters. The summed E-state index contributed by atoms with van der Waals surface area (Å²) in [5.74, 6) is 0.0602. The summed E-state index contributed by atoms with van der Waals surface area (Å²) >= 11 is 0. The number of rotatable bonds is 3. The van der Waals surface area contributed by atoms with E-state index in [1.54, 1.807) is 13.1 Å². The summed E-state index contributed by atoms with van der Waals surface area (Å²) in [4.78, 5) is 3.88. The third kappa shape index (κ3) is 1.82. The first-order chi connectivity index (χ1) is 7.03. The molecule has 0 atom stereocenters. The molecule has 1 fully saturated rings.